The number of aromatic nitrogens is 3. The highest BCUT2D eigenvalue weighted by molar-refractivity contribution is 7.99. The van der Waals surface area contributed by atoms with Crippen LogP contribution in [0.5, 0.6) is 0 Å². The predicted octanol–water partition coefficient (Wildman–Crippen LogP) is 2.08. The van der Waals surface area contributed by atoms with Crippen molar-refractivity contribution in [2.24, 2.45) is 0 Å². The summed E-state index contributed by atoms with van der Waals surface area (Å²) in [7, 11) is 0. The highest BCUT2D eigenvalue weighted by Gasteiger charge is 2.17. The van der Waals surface area contributed by atoms with Crippen LogP contribution >= 0.6 is 11.8 Å². The Kier molecular flexibility index (Phi) is 3.27. The zero-order valence-corrected chi connectivity index (χ0v) is 11.2. The Balaban J connectivity index is 1.93. The first-order chi connectivity index (χ1) is 8.86. The minimum Gasteiger partial charge on any atom is -0.369 e. The zero-order valence-electron chi connectivity index (χ0n) is 10.4. The fourth-order valence-corrected chi connectivity index (χ4v) is 3.29. The molecule has 1 unspecified atom stereocenters. The van der Waals surface area contributed by atoms with E-state index in [-0.39, 0.29) is 0 Å². The second-order valence-electron chi connectivity index (χ2n) is 4.37. The molecule has 0 radical (unpaired) electrons. The summed E-state index contributed by atoms with van der Waals surface area (Å²) in [5.74, 6) is 4.15. The number of hydrogen-bond acceptors (Lipinski definition) is 5. The normalized spacial score (nSPS) is 19.3. The van der Waals surface area contributed by atoms with Gasteiger partial charge in [0.05, 0.1) is 6.20 Å². The molecule has 0 bridgehead atoms. The van der Waals surface area contributed by atoms with Gasteiger partial charge in [0.2, 0.25) is 0 Å². The summed E-state index contributed by atoms with van der Waals surface area (Å²) < 4.78 is 2.01. The van der Waals surface area contributed by atoms with Crippen molar-refractivity contribution in [1.82, 2.24) is 14.4 Å². The zero-order chi connectivity index (χ0) is 12.4. The van der Waals surface area contributed by atoms with Gasteiger partial charge in [0, 0.05) is 30.7 Å². The maximum atomic E-state index is 4.61. The second-order valence-corrected chi connectivity index (χ2v) is 5.52. The van der Waals surface area contributed by atoms with Crippen LogP contribution in [-0.4, -0.2) is 38.5 Å². The first-order valence-electron chi connectivity index (χ1n) is 6.28. The van der Waals surface area contributed by atoms with Gasteiger partial charge in [-0.3, -0.25) is 0 Å². The molecule has 0 aromatic carbocycles. The Morgan fingerprint density at radius 2 is 2.50 bits per heavy atom. The van der Waals surface area contributed by atoms with Crippen LogP contribution in [-0.2, 0) is 0 Å². The van der Waals surface area contributed by atoms with E-state index < -0.39 is 0 Å². The number of thioether (sulfide) groups is 1. The summed E-state index contributed by atoms with van der Waals surface area (Å²) in [4.78, 5) is 8.98. The van der Waals surface area contributed by atoms with Crippen LogP contribution in [0.4, 0.5) is 11.6 Å². The molecule has 0 aliphatic carbocycles. The van der Waals surface area contributed by atoms with Gasteiger partial charge in [-0.2, -0.15) is 11.8 Å². The van der Waals surface area contributed by atoms with Crippen molar-refractivity contribution >= 4 is 29.0 Å². The number of hydrogen-bond donors (Lipinski definition) is 2. The standard InChI is InChI=1S/C12H17N5S/c1-2-13-10-7-17-5-4-14-12(17)11(16-10)15-9-3-6-18-8-9/h4-5,7,9,13H,2-3,6,8H2,1H3,(H,15,16). The van der Waals surface area contributed by atoms with Crippen molar-refractivity contribution in [2.75, 3.05) is 28.7 Å². The predicted molar refractivity (Wildman–Crippen MR) is 76.5 cm³/mol. The van der Waals surface area contributed by atoms with Crippen molar-refractivity contribution in [1.29, 1.82) is 0 Å². The minimum absolute atomic E-state index is 0.514. The van der Waals surface area contributed by atoms with Crippen LogP contribution in [0.3, 0.4) is 0 Å². The summed E-state index contributed by atoms with van der Waals surface area (Å²) in [6, 6.07) is 0.514. The molecule has 96 valence electrons. The highest BCUT2D eigenvalue weighted by Crippen LogP contribution is 2.23. The molecule has 1 aliphatic heterocycles. The molecule has 1 aliphatic rings. The largest absolute Gasteiger partial charge is 0.369 e. The number of imidazole rings is 1. The summed E-state index contributed by atoms with van der Waals surface area (Å²) >= 11 is 1.99. The Morgan fingerprint density at radius 3 is 3.28 bits per heavy atom. The lowest BCUT2D eigenvalue weighted by atomic mass is 10.2. The Bertz CT molecular complexity index is 532. The summed E-state index contributed by atoms with van der Waals surface area (Å²) in [5.41, 5.74) is 0.897. The molecule has 6 heteroatoms. The van der Waals surface area contributed by atoms with Gasteiger partial charge in [-0.1, -0.05) is 0 Å². The van der Waals surface area contributed by atoms with E-state index in [0.717, 1.165) is 29.6 Å². The van der Waals surface area contributed by atoms with Crippen LogP contribution in [0.2, 0.25) is 0 Å². The third kappa shape index (κ3) is 2.25. The highest BCUT2D eigenvalue weighted by atomic mass is 32.2. The van der Waals surface area contributed by atoms with E-state index in [9.17, 15) is 0 Å². The molecule has 1 atom stereocenters. The molecule has 3 heterocycles. The molecule has 0 spiro atoms. The lowest BCUT2D eigenvalue weighted by Gasteiger charge is -2.14. The Hall–Kier alpha value is -1.43. The number of nitrogens with one attached hydrogen (secondary N) is 2. The number of nitrogens with zero attached hydrogens (tertiary/aromatic N) is 3. The topological polar surface area (TPSA) is 54.2 Å². The van der Waals surface area contributed by atoms with E-state index in [0.29, 0.717) is 6.04 Å². The van der Waals surface area contributed by atoms with Gasteiger partial charge in [-0.05, 0) is 19.1 Å². The third-order valence-electron chi connectivity index (χ3n) is 3.00. The molecule has 3 rings (SSSR count). The summed E-state index contributed by atoms with van der Waals surface area (Å²) in [5, 5.41) is 6.76. The number of fused-ring (bicyclic) bond motifs is 1. The van der Waals surface area contributed by atoms with E-state index in [2.05, 4.69) is 27.5 Å². The van der Waals surface area contributed by atoms with Crippen LogP contribution in [0.15, 0.2) is 18.6 Å². The lowest BCUT2D eigenvalue weighted by Crippen LogP contribution is -2.20. The van der Waals surface area contributed by atoms with Crippen LogP contribution in [0, 0.1) is 0 Å². The van der Waals surface area contributed by atoms with Gasteiger partial charge >= 0.3 is 0 Å². The molecular formula is C12H17N5S. The molecule has 2 aromatic heterocycles. The average molecular weight is 263 g/mol. The van der Waals surface area contributed by atoms with Crippen LogP contribution < -0.4 is 10.6 Å². The first kappa shape index (κ1) is 11.6. The van der Waals surface area contributed by atoms with E-state index >= 15 is 0 Å². The molecule has 2 aromatic rings. The van der Waals surface area contributed by atoms with Crippen molar-refractivity contribution in [3.63, 3.8) is 0 Å². The van der Waals surface area contributed by atoms with E-state index in [4.69, 9.17) is 0 Å². The van der Waals surface area contributed by atoms with Gasteiger partial charge in [-0.25, -0.2) is 9.97 Å². The smallest absolute Gasteiger partial charge is 0.180 e. The van der Waals surface area contributed by atoms with Crippen LogP contribution in [0.1, 0.15) is 13.3 Å². The Morgan fingerprint density at radius 1 is 1.56 bits per heavy atom. The molecule has 0 amide bonds. The minimum atomic E-state index is 0.514. The maximum Gasteiger partial charge on any atom is 0.180 e. The summed E-state index contributed by atoms with van der Waals surface area (Å²) in [6.07, 6.45) is 6.93. The van der Waals surface area contributed by atoms with Crippen molar-refractivity contribution in [2.45, 2.75) is 19.4 Å². The molecule has 5 nitrogen and oxygen atoms in total. The Labute approximate surface area is 110 Å². The third-order valence-corrected chi connectivity index (χ3v) is 4.16. The monoisotopic (exact) mass is 263 g/mol. The summed E-state index contributed by atoms with van der Waals surface area (Å²) in [6.45, 7) is 2.94. The number of anilines is 2. The van der Waals surface area contributed by atoms with E-state index in [1.54, 1.807) is 6.20 Å². The van der Waals surface area contributed by atoms with Crippen LogP contribution in [0.25, 0.3) is 5.65 Å². The maximum absolute atomic E-state index is 4.61. The van der Waals surface area contributed by atoms with Crippen molar-refractivity contribution < 1.29 is 0 Å². The van der Waals surface area contributed by atoms with Gasteiger partial charge in [0.15, 0.2) is 11.5 Å². The lowest BCUT2D eigenvalue weighted by molar-refractivity contribution is 0.806. The van der Waals surface area contributed by atoms with E-state index in [1.165, 1.54) is 12.2 Å². The fourth-order valence-electron chi connectivity index (χ4n) is 2.14. The van der Waals surface area contributed by atoms with Crippen molar-refractivity contribution in [3.05, 3.63) is 18.6 Å². The second kappa shape index (κ2) is 5.06. The quantitative estimate of drug-likeness (QED) is 0.884. The van der Waals surface area contributed by atoms with Gasteiger partial charge in [0.25, 0.3) is 0 Å². The SMILES string of the molecule is CCNc1cn2ccnc2c(NC2CCSC2)n1. The average Bonchev–Trinajstić information content (AvgIpc) is 2.99. The molecule has 2 N–H and O–H groups in total. The molecule has 1 fully saturated rings. The first-order valence-corrected chi connectivity index (χ1v) is 7.44. The van der Waals surface area contributed by atoms with Gasteiger partial charge < -0.3 is 15.0 Å². The molecular weight excluding hydrogens is 246 g/mol. The van der Waals surface area contributed by atoms with E-state index in [1.807, 2.05) is 28.6 Å². The molecule has 0 saturated carbocycles. The molecule has 18 heavy (non-hydrogen) atoms. The van der Waals surface area contributed by atoms with Crippen molar-refractivity contribution in [3.8, 4) is 0 Å². The fraction of sp³-hybridized carbons (Fsp3) is 0.500. The number of rotatable bonds is 4. The van der Waals surface area contributed by atoms with Gasteiger partial charge in [0.1, 0.15) is 5.82 Å². The van der Waals surface area contributed by atoms with Gasteiger partial charge in [-0.15, -0.1) is 0 Å². The molecule has 1 saturated heterocycles.